The minimum Gasteiger partial charge on any atom is -0.258 e. The van der Waals surface area contributed by atoms with Gasteiger partial charge in [0.1, 0.15) is 0 Å². The Kier molecular flexibility index (Phi) is 4.01. The SMILES string of the molecule is N#CC1CCN(S(=O)(=O)c2cccc([N+](=O)[O-])c2)CC1. The molecule has 0 radical (unpaired) electrons. The summed E-state index contributed by atoms with van der Waals surface area (Å²) >= 11 is 0. The molecule has 1 fully saturated rings. The lowest BCUT2D eigenvalue weighted by Gasteiger charge is -2.28. The molecule has 0 atom stereocenters. The molecule has 1 saturated heterocycles. The van der Waals surface area contributed by atoms with Crippen LogP contribution in [0.25, 0.3) is 0 Å². The topological polar surface area (TPSA) is 104 Å². The summed E-state index contributed by atoms with van der Waals surface area (Å²) in [6, 6.07) is 7.14. The van der Waals surface area contributed by atoms with Crippen molar-refractivity contribution in [2.24, 2.45) is 5.92 Å². The fraction of sp³-hybridized carbons (Fsp3) is 0.417. The Hall–Kier alpha value is -1.98. The number of nitro benzene ring substituents is 1. The molecule has 8 heteroatoms. The number of nitrogens with zero attached hydrogens (tertiary/aromatic N) is 3. The molecule has 1 aliphatic rings. The van der Waals surface area contributed by atoms with E-state index < -0.39 is 14.9 Å². The van der Waals surface area contributed by atoms with Crippen LogP contribution < -0.4 is 0 Å². The van der Waals surface area contributed by atoms with Crippen molar-refractivity contribution in [1.82, 2.24) is 4.31 Å². The van der Waals surface area contributed by atoms with Gasteiger partial charge in [-0.1, -0.05) is 6.07 Å². The van der Waals surface area contributed by atoms with Gasteiger partial charge in [-0.15, -0.1) is 0 Å². The second-order valence-electron chi connectivity index (χ2n) is 4.56. The lowest BCUT2D eigenvalue weighted by atomic mass is 10.0. The molecular weight excluding hydrogens is 282 g/mol. The number of hydrogen-bond acceptors (Lipinski definition) is 5. The Morgan fingerprint density at radius 3 is 2.55 bits per heavy atom. The van der Waals surface area contributed by atoms with E-state index in [-0.39, 0.29) is 29.6 Å². The predicted molar refractivity (Wildman–Crippen MR) is 70.2 cm³/mol. The fourth-order valence-electron chi connectivity index (χ4n) is 2.13. The average molecular weight is 295 g/mol. The molecule has 2 rings (SSSR count). The van der Waals surface area contributed by atoms with Crippen LogP contribution in [0.2, 0.25) is 0 Å². The van der Waals surface area contributed by atoms with Crippen LogP contribution in [0.1, 0.15) is 12.8 Å². The van der Waals surface area contributed by atoms with Crippen LogP contribution in [0.4, 0.5) is 5.69 Å². The summed E-state index contributed by atoms with van der Waals surface area (Å²) in [4.78, 5) is 9.99. The lowest BCUT2D eigenvalue weighted by molar-refractivity contribution is -0.385. The highest BCUT2D eigenvalue weighted by atomic mass is 32.2. The van der Waals surface area contributed by atoms with Crippen molar-refractivity contribution in [3.8, 4) is 6.07 Å². The largest absolute Gasteiger partial charge is 0.270 e. The van der Waals surface area contributed by atoms with E-state index in [4.69, 9.17) is 5.26 Å². The third-order valence-corrected chi connectivity index (χ3v) is 5.20. The highest BCUT2D eigenvalue weighted by molar-refractivity contribution is 7.89. The van der Waals surface area contributed by atoms with E-state index in [2.05, 4.69) is 6.07 Å². The molecule has 20 heavy (non-hydrogen) atoms. The second kappa shape index (κ2) is 5.56. The highest BCUT2D eigenvalue weighted by Crippen LogP contribution is 2.25. The molecule has 1 aliphatic heterocycles. The first-order valence-electron chi connectivity index (χ1n) is 6.09. The molecule has 0 spiro atoms. The van der Waals surface area contributed by atoms with Gasteiger partial charge in [0, 0.05) is 31.1 Å². The molecule has 1 aromatic rings. The Labute approximate surface area is 116 Å². The average Bonchev–Trinajstić information content (AvgIpc) is 2.47. The van der Waals surface area contributed by atoms with E-state index >= 15 is 0 Å². The number of piperidine rings is 1. The second-order valence-corrected chi connectivity index (χ2v) is 6.50. The molecule has 106 valence electrons. The van der Waals surface area contributed by atoms with Gasteiger partial charge in [0.15, 0.2) is 0 Å². The van der Waals surface area contributed by atoms with Crippen LogP contribution >= 0.6 is 0 Å². The van der Waals surface area contributed by atoms with Gasteiger partial charge < -0.3 is 0 Å². The minimum atomic E-state index is -3.73. The molecule has 0 amide bonds. The Morgan fingerprint density at radius 1 is 1.35 bits per heavy atom. The zero-order valence-corrected chi connectivity index (χ0v) is 11.4. The number of rotatable bonds is 3. The molecule has 0 N–H and O–H groups in total. The number of non-ortho nitro benzene ring substituents is 1. The summed E-state index contributed by atoms with van der Waals surface area (Å²) in [5, 5.41) is 19.5. The smallest absolute Gasteiger partial charge is 0.258 e. The van der Waals surface area contributed by atoms with Crippen LogP contribution in [0.3, 0.4) is 0 Å². The Morgan fingerprint density at radius 2 is 2.00 bits per heavy atom. The van der Waals surface area contributed by atoms with Gasteiger partial charge in [0.05, 0.1) is 15.9 Å². The maximum absolute atomic E-state index is 12.4. The van der Waals surface area contributed by atoms with Gasteiger partial charge in [-0.3, -0.25) is 10.1 Å². The van der Waals surface area contributed by atoms with E-state index in [1.165, 1.54) is 22.5 Å². The lowest BCUT2D eigenvalue weighted by Crippen LogP contribution is -2.38. The van der Waals surface area contributed by atoms with Crippen molar-refractivity contribution >= 4 is 15.7 Å². The maximum atomic E-state index is 12.4. The summed E-state index contributed by atoms with van der Waals surface area (Å²) in [5.41, 5.74) is -0.252. The van der Waals surface area contributed by atoms with E-state index in [1.54, 1.807) is 0 Å². The van der Waals surface area contributed by atoms with Crippen molar-refractivity contribution in [3.63, 3.8) is 0 Å². The quantitative estimate of drug-likeness (QED) is 0.621. The number of hydrogen-bond donors (Lipinski definition) is 0. The van der Waals surface area contributed by atoms with E-state index in [0.29, 0.717) is 12.8 Å². The van der Waals surface area contributed by atoms with Crippen molar-refractivity contribution in [3.05, 3.63) is 34.4 Å². The normalized spacial score (nSPS) is 17.6. The first kappa shape index (κ1) is 14.4. The first-order chi connectivity index (χ1) is 9.45. The Bertz CT molecular complexity index is 658. The zero-order valence-electron chi connectivity index (χ0n) is 10.6. The number of sulfonamides is 1. The summed E-state index contributed by atoms with van der Waals surface area (Å²) < 4.78 is 26.0. The summed E-state index contributed by atoms with van der Waals surface area (Å²) in [5.74, 6) is -0.119. The molecule has 0 unspecified atom stereocenters. The highest BCUT2D eigenvalue weighted by Gasteiger charge is 2.30. The summed E-state index contributed by atoms with van der Waals surface area (Å²) in [6.45, 7) is 0.534. The van der Waals surface area contributed by atoms with Crippen LogP contribution in [-0.2, 0) is 10.0 Å². The predicted octanol–water partition coefficient (Wildman–Crippen LogP) is 1.52. The first-order valence-corrected chi connectivity index (χ1v) is 7.53. The van der Waals surface area contributed by atoms with Crippen molar-refractivity contribution in [1.29, 1.82) is 5.26 Å². The third kappa shape index (κ3) is 2.79. The zero-order chi connectivity index (χ0) is 14.8. The molecule has 0 aliphatic carbocycles. The maximum Gasteiger partial charge on any atom is 0.270 e. The summed E-state index contributed by atoms with van der Waals surface area (Å²) in [7, 11) is -3.73. The number of nitriles is 1. The van der Waals surface area contributed by atoms with Crippen LogP contribution in [-0.4, -0.2) is 30.7 Å². The van der Waals surface area contributed by atoms with Gasteiger partial charge in [-0.25, -0.2) is 8.42 Å². The van der Waals surface area contributed by atoms with Crippen LogP contribution in [0.15, 0.2) is 29.2 Å². The van der Waals surface area contributed by atoms with Gasteiger partial charge >= 0.3 is 0 Å². The Balaban J connectivity index is 2.25. The summed E-state index contributed by atoms with van der Waals surface area (Å²) in [6.07, 6.45) is 0.981. The van der Waals surface area contributed by atoms with Crippen LogP contribution in [0.5, 0.6) is 0 Å². The number of nitro groups is 1. The minimum absolute atomic E-state index is 0.0814. The van der Waals surface area contributed by atoms with Crippen molar-refractivity contribution in [2.45, 2.75) is 17.7 Å². The molecule has 1 heterocycles. The van der Waals surface area contributed by atoms with Crippen LogP contribution in [0, 0.1) is 27.4 Å². The van der Waals surface area contributed by atoms with Gasteiger partial charge in [0.2, 0.25) is 10.0 Å². The molecular formula is C12H13N3O4S. The standard InChI is InChI=1S/C12H13N3O4S/c13-9-10-4-6-14(7-5-10)20(18,19)12-3-1-2-11(8-12)15(16)17/h1-3,8,10H,4-7H2. The molecule has 7 nitrogen and oxygen atoms in total. The van der Waals surface area contributed by atoms with Crippen molar-refractivity contribution < 1.29 is 13.3 Å². The van der Waals surface area contributed by atoms with E-state index in [1.807, 2.05) is 0 Å². The monoisotopic (exact) mass is 295 g/mol. The fourth-order valence-corrected chi connectivity index (χ4v) is 3.64. The van der Waals surface area contributed by atoms with Gasteiger partial charge in [-0.05, 0) is 18.9 Å². The van der Waals surface area contributed by atoms with Gasteiger partial charge in [0.25, 0.3) is 5.69 Å². The molecule has 0 bridgehead atoms. The number of benzene rings is 1. The molecule has 0 saturated carbocycles. The van der Waals surface area contributed by atoms with Gasteiger partial charge in [-0.2, -0.15) is 9.57 Å². The van der Waals surface area contributed by atoms with Crippen molar-refractivity contribution in [2.75, 3.05) is 13.1 Å². The van der Waals surface area contributed by atoms with E-state index in [0.717, 1.165) is 6.07 Å². The molecule has 0 aromatic heterocycles. The molecule has 1 aromatic carbocycles. The van der Waals surface area contributed by atoms with E-state index in [9.17, 15) is 18.5 Å². The third-order valence-electron chi connectivity index (χ3n) is 3.30.